The smallest absolute Gasteiger partial charge is 0.267 e. The first-order valence-corrected chi connectivity index (χ1v) is 10.4. The summed E-state index contributed by atoms with van der Waals surface area (Å²) in [6.45, 7) is 0. The van der Waals surface area contributed by atoms with Crippen LogP contribution in [0, 0.1) is 0 Å². The van der Waals surface area contributed by atoms with Gasteiger partial charge in [0.1, 0.15) is 5.75 Å². The lowest BCUT2D eigenvalue weighted by atomic mass is 10.2. The molecule has 0 aliphatic heterocycles. The standard InChI is InChI=1S/C23H18N4O2S/c1-29-18-11-7-10-17(14-18)26-21(28)19-12-5-6-13-20(19)27-22(26)24-25-23(27)30-15-16-8-3-2-4-9-16/h2-14H,15H2,1H3. The summed E-state index contributed by atoms with van der Waals surface area (Å²) in [6.07, 6.45) is 0. The van der Waals surface area contributed by atoms with Gasteiger partial charge in [-0.05, 0) is 29.8 Å². The van der Waals surface area contributed by atoms with Gasteiger partial charge in [0.25, 0.3) is 5.56 Å². The second kappa shape index (κ2) is 7.68. The fraction of sp³-hybridized carbons (Fsp3) is 0.0870. The Balaban J connectivity index is 1.73. The van der Waals surface area contributed by atoms with E-state index in [1.165, 1.54) is 5.56 Å². The second-order valence-electron chi connectivity index (χ2n) is 6.75. The third kappa shape index (κ3) is 3.13. The summed E-state index contributed by atoms with van der Waals surface area (Å²) in [5.41, 5.74) is 2.53. The number of fused-ring (bicyclic) bond motifs is 3. The maximum Gasteiger partial charge on any atom is 0.267 e. The zero-order valence-corrected chi connectivity index (χ0v) is 17.0. The van der Waals surface area contributed by atoms with Gasteiger partial charge in [0, 0.05) is 11.8 Å². The highest BCUT2D eigenvalue weighted by molar-refractivity contribution is 7.98. The van der Waals surface area contributed by atoms with Crippen molar-refractivity contribution in [3.8, 4) is 11.4 Å². The summed E-state index contributed by atoms with van der Waals surface area (Å²) in [5.74, 6) is 1.90. The Morgan fingerprint density at radius 3 is 2.57 bits per heavy atom. The number of para-hydroxylation sites is 1. The van der Waals surface area contributed by atoms with Gasteiger partial charge >= 0.3 is 0 Å². The minimum Gasteiger partial charge on any atom is -0.497 e. The lowest BCUT2D eigenvalue weighted by molar-refractivity contribution is 0.414. The monoisotopic (exact) mass is 414 g/mol. The zero-order valence-electron chi connectivity index (χ0n) is 16.2. The van der Waals surface area contributed by atoms with Crippen molar-refractivity contribution < 1.29 is 4.74 Å². The highest BCUT2D eigenvalue weighted by Gasteiger charge is 2.18. The molecule has 3 aromatic carbocycles. The number of hydrogen-bond donors (Lipinski definition) is 0. The first kappa shape index (κ1) is 18.4. The van der Waals surface area contributed by atoms with Gasteiger partial charge in [0.2, 0.25) is 5.78 Å². The predicted octanol–water partition coefficient (Wildman–Crippen LogP) is 4.33. The summed E-state index contributed by atoms with van der Waals surface area (Å²) in [5, 5.41) is 10.1. The number of ether oxygens (including phenoxy) is 1. The fourth-order valence-electron chi connectivity index (χ4n) is 3.48. The fourth-order valence-corrected chi connectivity index (χ4v) is 4.37. The van der Waals surface area contributed by atoms with Crippen molar-refractivity contribution in [2.24, 2.45) is 0 Å². The maximum atomic E-state index is 13.4. The topological polar surface area (TPSA) is 61.4 Å². The molecular formula is C23H18N4O2S. The highest BCUT2D eigenvalue weighted by atomic mass is 32.2. The second-order valence-corrected chi connectivity index (χ2v) is 7.69. The minimum absolute atomic E-state index is 0.140. The Bertz CT molecular complexity index is 1410. The summed E-state index contributed by atoms with van der Waals surface area (Å²) in [7, 11) is 1.60. The molecule has 0 atom stereocenters. The molecule has 0 fully saturated rings. The van der Waals surface area contributed by atoms with Gasteiger partial charge < -0.3 is 4.74 Å². The number of methoxy groups -OCH3 is 1. The van der Waals surface area contributed by atoms with Gasteiger partial charge in [0.05, 0.1) is 23.7 Å². The minimum atomic E-state index is -0.140. The molecule has 2 aromatic heterocycles. The molecule has 0 aliphatic carbocycles. The van der Waals surface area contributed by atoms with Gasteiger partial charge in [-0.3, -0.25) is 9.20 Å². The maximum absolute atomic E-state index is 13.4. The van der Waals surface area contributed by atoms with E-state index in [-0.39, 0.29) is 5.56 Å². The molecule has 30 heavy (non-hydrogen) atoms. The summed E-state index contributed by atoms with van der Waals surface area (Å²) in [4.78, 5) is 13.4. The molecule has 0 spiro atoms. The molecule has 0 amide bonds. The van der Waals surface area contributed by atoms with Gasteiger partial charge in [-0.25, -0.2) is 4.57 Å². The Kier molecular flexibility index (Phi) is 4.72. The average Bonchev–Trinajstić information content (AvgIpc) is 3.22. The largest absolute Gasteiger partial charge is 0.497 e. The van der Waals surface area contributed by atoms with Crippen molar-refractivity contribution >= 4 is 28.4 Å². The van der Waals surface area contributed by atoms with Gasteiger partial charge in [-0.15, -0.1) is 10.2 Å². The lowest BCUT2D eigenvalue weighted by Crippen LogP contribution is -2.21. The van der Waals surface area contributed by atoms with Crippen molar-refractivity contribution in [3.63, 3.8) is 0 Å². The van der Waals surface area contributed by atoms with Crippen LogP contribution in [0.15, 0.2) is 88.8 Å². The highest BCUT2D eigenvalue weighted by Crippen LogP contribution is 2.26. The van der Waals surface area contributed by atoms with Gasteiger partial charge in [-0.1, -0.05) is 60.3 Å². The molecular weight excluding hydrogens is 396 g/mol. The van der Waals surface area contributed by atoms with Crippen LogP contribution in [0.4, 0.5) is 0 Å². The molecule has 0 unspecified atom stereocenters. The van der Waals surface area contributed by atoms with Crippen molar-refractivity contribution in [2.75, 3.05) is 7.11 Å². The molecule has 0 radical (unpaired) electrons. The van der Waals surface area contributed by atoms with Crippen LogP contribution in [0.25, 0.3) is 22.4 Å². The Morgan fingerprint density at radius 2 is 1.73 bits per heavy atom. The first-order valence-electron chi connectivity index (χ1n) is 9.46. The molecule has 0 aliphatic rings. The summed E-state index contributed by atoms with van der Waals surface area (Å²) in [6, 6.07) is 25.1. The summed E-state index contributed by atoms with van der Waals surface area (Å²) < 4.78 is 8.88. The van der Waals surface area contributed by atoms with Crippen LogP contribution in [0.5, 0.6) is 5.75 Å². The van der Waals surface area contributed by atoms with Crippen molar-refractivity contribution in [3.05, 3.63) is 94.8 Å². The Morgan fingerprint density at radius 1 is 0.933 bits per heavy atom. The predicted molar refractivity (Wildman–Crippen MR) is 119 cm³/mol. The zero-order chi connectivity index (χ0) is 20.5. The average molecular weight is 414 g/mol. The third-order valence-electron chi connectivity index (χ3n) is 4.92. The first-order chi connectivity index (χ1) is 14.8. The molecule has 0 N–H and O–H groups in total. The molecule has 2 heterocycles. The molecule has 5 aromatic rings. The summed E-state index contributed by atoms with van der Waals surface area (Å²) >= 11 is 1.59. The van der Waals surface area contributed by atoms with E-state index in [9.17, 15) is 4.79 Å². The number of thioether (sulfide) groups is 1. The molecule has 5 rings (SSSR count). The van der Waals surface area contributed by atoms with E-state index in [0.29, 0.717) is 22.6 Å². The molecule has 0 saturated heterocycles. The molecule has 0 bridgehead atoms. The number of benzene rings is 3. The van der Waals surface area contributed by atoms with E-state index in [1.54, 1.807) is 23.4 Å². The lowest BCUT2D eigenvalue weighted by Gasteiger charge is -2.12. The Hall–Kier alpha value is -3.58. The SMILES string of the molecule is COc1cccc(-n2c(=O)c3ccccc3n3c(SCc4ccccc4)nnc23)c1. The van der Waals surface area contributed by atoms with Crippen LogP contribution < -0.4 is 10.3 Å². The van der Waals surface area contributed by atoms with E-state index in [2.05, 4.69) is 22.3 Å². The van der Waals surface area contributed by atoms with Crippen LogP contribution >= 0.6 is 11.8 Å². The van der Waals surface area contributed by atoms with E-state index in [1.807, 2.05) is 71.1 Å². The van der Waals surface area contributed by atoms with E-state index < -0.39 is 0 Å². The van der Waals surface area contributed by atoms with Crippen LogP contribution in [-0.4, -0.2) is 26.3 Å². The molecule has 0 saturated carbocycles. The Labute approximate surface area is 176 Å². The number of nitrogens with zero attached hydrogens (tertiary/aromatic N) is 4. The van der Waals surface area contributed by atoms with Crippen molar-refractivity contribution in [1.82, 2.24) is 19.2 Å². The number of aromatic nitrogens is 4. The van der Waals surface area contributed by atoms with Crippen molar-refractivity contribution in [2.45, 2.75) is 10.9 Å². The molecule has 148 valence electrons. The van der Waals surface area contributed by atoms with Crippen LogP contribution in [-0.2, 0) is 5.75 Å². The van der Waals surface area contributed by atoms with Gasteiger partial charge in [-0.2, -0.15) is 0 Å². The van der Waals surface area contributed by atoms with E-state index in [0.717, 1.165) is 16.4 Å². The quantitative estimate of drug-likeness (QED) is 0.401. The number of hydrogen-bond acceptors (Lipinski definition) is 5. The van der Waals surface area contributed by atoms with E-state index in [4.69, 9.17) is 4.74 Å². The molecule has 7 heteroatoms. The van der Waals surface area contributed by atoms with Crippen LogP contribution in [0.3, 0.4) is 0 Å². The third-order valence-corrected chi connectivity index (χ3v) is 5.92. The normalized spacial score (nSPS) is 11.2. The number of rotatable bonds is 5. The van der Waals surface area contributed by atoms with E-state index >= 15 is 0 Å². The van der Waals surface area contributed by atoms with Gasteiger partial charge in [0.15, 0.2) is 5.16 Å². The van der Waals surface area contributed by atoms with Crippen LogP contribution in [0.2, 0.25) is 0 Å². The molecule has 6 nitrogen and oxygen atoms in total. The van der Waals surface area contributed by atoms with Crippen LogP contribution in [0.1, 0.15) is 5.56 Å². The van der Waals surface area contributed by atoms with Crippen molar-refractivity contribution in [1.29, 1.82) is 0 Å².